The Labute approximate surface area is 95.4 Å². The summed E-state index contributed by atoms with van der Waals surface area (Å²) in [6.45, 7) is 4.02. The van der Waals surface area contributed by atoms with Crippen molar-refractivity contribution in [1.29, 1.82) is 0 Å². The van der Waals surface area contributed by atoms with Crippen LogP contribution in [-0.2, 0) is 0 Å². The van der Waals surface area contributed by atoms with E-state index in [0.29, 0.717) is 16.9 Å². The summed E-state index contributed by atoms with van der Waals surface area (Å²) >= 11 is 0. The fourth-order valence-electron chi connectivity index (χ4n) is 1.79. The number of carbonyl (C=O) groups is 2. The summed E-state index contributed by atoms with van der Waals surface area (Å²) in [5.41, 5.74) is 1.84. The highest BCUT2D eigenvalue weighted by atomic mass is 16.5. The van der Waals surface area contributed by atoms with Crippen molar-refractivity contribution in [3.05, 3.63) is 28.8 Å². The maximum atomic E-state index is 11.1. The Balaban J connectivity index is 3.48. The van der Waals surface area contributed by atoms with Crippen LogP contribution in [-0.4, -0.2) is 19.7 Å². The first-order valence-electron chi connectivity index (χ1n) is 5.30. The molecule has 0 aliphatic heterocycles. The Hall–Kier alpha value is -1.64. The minimum atomic E-state index is 0.162. The molecule has 0 aromatic heterocycles. The fourth-order valence-corrected chi connectivity index (χ4v) is 1.79. The van der Waals surface area contributed by atoms with Gasteiger partial charge in [-0.1, -0.05) is 13.8 Å². The number of aldehydes is 2. The van der Waals surface area contributed by atoms with Gasteiger partial charge in [-0.2, -0.15) is 0 Å². The number of rotatable bonds is 5. The Bertz CT molecular complexity index is 396. The van der Waals surface area contributed by atoms with Crippen LogP contribution in [0, 0.1) is 0 Å². The van der Waals surface area contributed by atoms with Crippen LogP contribution < -0.4 is 4.74 Å². The Morgan fingerprint density at radius 3 is 2.44 bits per heavy atom. The van der Waals surface area contributed by atoms with Gasteiger partial charge in [0.1, 0.15) is 12.0 Å². The van der Waals surface area contributed by atoms with Crippen molar-refractivity contribution < 1.29 is 14.3 Å². The van der Waals surface area contributed by atoms with Gasteiger partial charge in [0.05, 0.1) is 12.7 Å². The molecule has 1 aromatic carbocycles. The monoisotopic (exact) mass is 220 g/mol. The second-order valence-electron chi connectivity index (χ2n) is 3.73. The first-order chi connectivity index (χ1) is 7.69. The molecule has 0 saturated heterocycles. The minimum Gasteiger partial charge on any atom is -0.496 e. The molecule has 1 aromatic rings. The van der Waals surface area contributed by atoms with E-state index in [9.17, 15) is 9.59 Å². The third-order valence-corrected chi connectivity index (χ3v) is 2.85. The van der Waals surface area contributed by atoms with Gasteiger partial charge in [-0.05, 0) is 30.0 Å². The smallest absolute Gasteiger partial charge is 0.154 e. The summed E-state index contributed by atoms with van der Waals surface area (Å²) in [6, 6.07) is 3.35. The summed E-state index contributed by atoms with van der Waals surface area (Å²) in [4.78, 5) is 22.1. The van der Waals surface area contributed by atoms with Gasteiger partial charge in [-0.15, -0.1) is 0 Å². The van der Waals surface area contributed by atoms with Gasteiger partial charge in [0, 0.05) is 5.56 Å². The van der Waals surface area contributed by atoms with E-state index in [1.54, 1.807) is 12.1 Å². The average molecular weight is 220 g/mol. The predicted molar refractivity (Wildman–Crippen MR) is 62.5 cm³/mol. The van der Waals surface area contributed by atoms with Gasteiger partial charge in [-0.3, -0.25) is 9.59 Å². The SMILES string of the molecule is CCC(C)c1c(C=O)ccc(OC)c1C=O. The molecule has 1 unspecified atom stereocenters. The molecule has 3 heteroatoms. The lowest BCUT2D eigenvalue weighted by atomic mass is 9.89. The van der Waals surface area contributed by atoms with Crippen molar-refractivity contribution in [1.82, 2.24) is 0 Å². The van der Waals surface area contributed by atoms with Crippen LogP contribution in [0.15, 0.2) is 12.1 Å². The van der Waals surface area contributed by atoms with Crippen molar-refractivity contribution in [3.63, 3.8) is 0 Å². The molecule has 0 heterocycles. The van der Waals surface area contributed by atoms with Crippen molar-refractivity contribution in [2.24, 2.45) is 0 Å². The Morgan fingerprint density at radius 2 is 2.00 bits per heavy atom. The van der Waals surface area contributed by atoms with E-state index >= 15 is 0 Å². The van der Waals surface area contributed by atoms with Crippen molar-refractivity contribution in [2.45, 2.75) is 26.2 Å². The van der Waals surface area contributed by atoms with Crippen LogP contribution in [0.2, 0.25) is 0 Å². The number of carbonyl (C=O) groups excluding carboxylic acids is 2. The third-order valence-electron chi connectivity index (χ3n) is 2.85. The van der Waals surface area contributed by atoms with Crippen molar-refractivity contribution >= 4 is 12.6 Å². The molecule has 0 bridgehead atoms. The van der Waals surface area contributed by atoms with E-state index in [2.05, 4.69) is 0 Å². The minimum absolute atomic E-state index is 0.162. The van der Waals surface area contributed by atoms with E-state index in [1.165, 1.54) is 7.11 Å². The van der Waals surface area contributed by atoms with Crippen LogP contribution >= 0.6 is 0 Å². The molecule has 0 spiro atoms. The molecule has 0 radical (unpaired) electrons. The second-order valence-corrected chi connectivity index (χ2v) is 3.73. The molecule has 0 fully saturated rings. The molecule has 0 aliphatic carbocycles. The van der Waals surface area contributed by atoms with Gasteiger partial charge in [0.25, 0.3) is 0 Å². The first kappa shape index (κ1) is 12.4. The topological polar surface area (TPSA) is 43.4 Å². The average Bonchev–Trinajstić information content (AvgIpc) is 2.35. The van der Waals surface area contributed by atoms with Crippen molar-refractivity contribution in [2.75, 3.05) is 7.11 Å². The first-order valence-corrected chi connectivity index (χ1v) is 5.30. The molecule has 3 nitrogen and oxygen atoms in total. The zero-order chi connectivity index (χ0) is 12.1. The highest BCUT2D eigenvalue weighted by molar-refractivity contribution is 5.89. The zero-order valence-electron chi connectivity index (χ0n) is 9.82. The van der Waals surface area contributed by atoms with Crippen LogP contribution in [0.5, 0.6) is 5.75 Å². The highest BCUT2D eigenvalue weighted by Gasteiger charge is 2.17. The van der Waals surface area contributed by atoms with Gasteiger partial charge < -0.3 is 4.74 Å². The van der Waals surface area contributed by atoms with Crippen LogP contribution in [0.3, 0.4) is 0 Å². The van der Waals surface area contributed by atoms with E-state index in [-0.39, 0.29) is 5.92 Å². The number of benzene rings is 1. The summed E-state index contributed by atoms with van der Waals surface area (Å²) < 4.78 is 5.12. The second kappa shape index (κ2) is 5.45. The van der Waals surface area contributed by atoms with Crippen molar-refractivity contribution in [3.8, 4) is 5.75 Å². The molecular weight excluding hydrogens is 204 g/mol. The lowest BCUT2D eigenvalue weighted by Gasteiger charge is -2.16. The summed E-state index contributed by atoms with van der Waals surface area (Å²) in [7, 11) is 1.52. The number of methoxy groups -OCH3 is 1. The lowest BCUT2D eigenvalue weighted by Crippen LogP contribution is -2.05. The standard InChI is InChI=1S/C13H16O3/c1-4-9(2)13-10(7-14)5-6-12(16-3)11(13)8-15/h5-9H,4H2,1-3H3. The molecule has 0 amide bonds. The maximum absolute atomic E-state index is 11.1. The van der Waals surface area contributed by atoms with Crippen LogP contribution in [0.1, 0.15) is 52.5 Å². The molecule has 1 atom stereocenters. The van der Waals surface area contributed by atoms with E-state index < -0.39 is 0 Å². The van der Waals surface area contributed by atoms with E-state index in [0.717, 1.165) is 24.6 Å². The molecule has 0 N–H and O–H groups in total. The van der Waals surface area contributed by atoms with Gasteiger partial charge in [0.2, 0.25) is 0 Å². The summed E-state index contributed by atoms with van der Waals surface area (Å²) in [6.07, 6.45) is 2.41. The molecule has 0 saturated carbocycles. The van der Waals surface area contributed by atoms with E-state index in [1.807, 2.05) is 13.8 Å². The van der Waals surface area contributed by atoms with Gasteiger partial charge in [-0.25, -0.2) is 0 Å². The molecular formula is C13H16O3. The fraction of sp³-hybridized carbons (Fsp3) is 0.385. The molecule has 16 heavy (non-hydrogen) atoms. The third kappa shape index (κ3) is 2.13. The molecule has 86 valence electrons. The quantitative estimate of drug-likeness (QED) is 0.716. The lowest BCUT2D eigenvalue weighted by molar-refractivity contribution is 0.111. The predicted octanol–water partition coefficient (Wildman–Crippen LogP) is 2.83. The van der Waals surface area contributed by atoms with E-state index in [4.69, 9.17) is 4.74 Å². The number of hydrogen-bond donors (Lipinski definition) is 0. The zero-order valence-corrected chi connectivity index (χ0v) is 9.82. The number of ether oxygens (including phenoxy) is 1. The van der Waals surface area contributed by atoms with Crippen LogP contribution in [0.25, 0.3) is 0 Å². The molecule has 1 rings (SSSR count). The van der Waals surface area contributed by atoms with Gasteiger partial charge in [0.15, 0.2) is 6.29 Å². The Morgan fingerprint density at radius 1 is 1.31 bits per heavy atom. The maximum Gasteiger partial charge on any atom is 0.154 e. The Kier molecular flexibility index (Phi) is 4.23. The largest absolute Gasteiger partial charge is 0.496 e. The highest BCUT2D eigenvalue weighted by Crippen LogP contribution is 2.30. The van der Waals surface area contributed by atoms with Gasteiger partial charge >= 0.3 is 0 Å². The summed E-state index contributed by atoms with van der Waals surface area (Å²) in [5.74, 6) is 0.686. The van der Waals surface area contributed by atoms with Crippen LogP contribution in [0.4, 0.5) is 0 Å². The summed E-state index contributed by atoms with van der Waals surface area (Å²) in [5, 5.41) is 0. The normalized spacial score (nSPS) is 11.9. The molecule has 0 aliphatic rings. The number of hydrogen-bond acceptors (Lipinski definition) is 3.